The Morgan fingerprint density at radius 1 is 1.12 bits per heavy atom. The number of nitrogens with one attached hydrogen (secondary N) is 1. The van der Waals surface area contributed by atoms with Crippen LogP contribution in [0.1, 0.15) is 17.0 Å². The zero-order chi connectivity index (χ0) is 23.4. The van der Waals surface area contributed by atoms with Gasteiger partial charge in [-0.15, -0.1) is 0 Å². The van der Waals surface area contributed by atoms with Crippen LogP contribution >= 0.6 is 0 Å². The highest BCUT2D eigenvalue weighted by atomic mass is 16.5. The Bertz CT molecular complexity index is 1320. The lowest BCUT2D eigenvalue weighted by atomic mass is 10.2. The van der Waals surface area contributed by atoms with Gasteiger partial charge in [0.05, 0.1) is 11.7 Å². The lowest BCUT2D eigenvalue weighted by molar-refractivity contribution is -0.123. The largest absolute Gasteiger partial charge is 0.484 e. The van der Waals surface area contributed by atoms with Crippen molar-refractivity contribution in [3.63, 3.8) is 0 Å². The van der Waals surface area contributed by atoms with Crippen molar-refractivity contribution in [3.8, 4) is 11.4 Å². The predicted molar refractivity (Wildman–Crippen MR) is 133 cm³/mol. The standard InChI is InChI=1S/C26H27N5O2/c1-18-13-21(19(2)31(18)23-10-11-25-20(14-23)7-6-12-27-25)16-28-29-26(32)17-33-24-9-5-8-22(15-24)30(3)4/h5-16H,17H2,1-4H3,(H,29,32). The maximum absolute atomic E-state index is 12.2. The van der Waals surface area contributed by atoms with Gasteiger partial charge < -0.3 is 14.2 Å². The van der Waals surface area contributed by atoms with E-state index in [0.29, 0.717) is 5.75 Å². The SMILES string of the molecule is Cc1cc(C=NNC(=O)COc2cccc(N(C)C)c2)c(C)n1-c1ccc2ncccc2c1. The molecular formula is C26H27N5O2. The number of hydrazone groups is 1. The minimum atomic E-state index is -0.322. The average Bonchev–Trinajstić information content (AvgIpc) is 3.10. The minimum absolute atomic E-state index is 0.113. The zero-order valence-corrected chi connectivity index (χ0v) is 19.2. The summed E-state index contributed by atoms with van der Waals surface area (Å²) in [5.74, 6) is 0.312. The summed E-state index contributed by atoms with van der Waals surface area (Å²) >= 11 is 0. The maximum Gasteiger partial charge on any atom is 0.277 e. The van der Waals surface area contributed by atoms with Crippen LogP contribution in [0.15, 0.2) is 72.0 Å². The van der Waals surface area contributed by atoms with Gasteiger partial charge in [0.15, 0.2) is 6.61 Å². The van der Waals surface area contributed by atoms with Crippen LogP contribution in [-0.2, 0) is 4.79 Å². The summed E-state index contributed by atoms with van der Waals surface area (Å²) in [6, 6.07) is 19.8. The van der Waals surface area contributed by atoms with Crippen LogP contribution in [0.4, 0.5) is 5.69 Å². The number of nitrogens with zero attached hydrogens (tertiary/aromatic N) is 4. The van der Waals surface area contributed by atoms with Gasteiger partial charge in [-0.25, -0.2) is 5.43 Å². The fraction of sp³-hybridized carbons (Fsp3) is 0.192. The first-order valence-electron chi connectivity index (χ1n) is 10.7. The molecule has 0 aliphatic heterocycles. The number of anilines is 1. The lowest BCUT2D eigenvalue weighted by Gasteiger charge is -2.13. The molecule has 0 radical (unpaired) electrons. The second-order valence-electron chi connectivity index (χ2n) is 8.02. The fourth-order valence-electron chi connectivity index (χ4n) is 3.72. The van der Waals surface area contributed by atoms with Gasteiger partial charge in [0.2, 0.25) is 0 Å². The minimum Gasteiger partial charge on any atom is -0.484 e. The Morgan fingerprint density at radius 3 is 2.79 bits per heavy atom. The number of hydrogen-bond acceptors (Lipinski definition) is 5. The van der Waals surface area contributed by atoms with Gasteiger partial charge in [-0.2, -0.15) is 5.10 Å². The molecule has 2 heterocycles. The Morgan fingerprint density at radius 2 is 1.97 bits per heavy atom. The quantitative estimate of drug-likeness (QED) is 0.344. The number of pyridine rings is 1. The highest BCUT2D eigenvalue weighted by molar-refractivity contribution is 5.85. The molecule has 0 unspecified atom stereocenters. The third-order valence-corrected chi connectivity index (χ3v) is 5.41. The predicted octanol–water partition coefficient (Wildman–Crippen LogP) is 4.24. The van der Waals surface area contributed by atoms with Gasteiger partial charge >= 0.3 is 0 Å². The molecule has 0 saturated carbocycles. The summed E-state index contributed by atoms with van der Waals surface area (Å²) < 4.78 is 7.74. The number of rotatable bonds is 7. The summed E-state index contributed by atoms with van der Waals surface area (Å²) in [4.78, 5) is 18.5. The normalized spacial score (nSPS) is 11.2. The van der Waals surface area contributed by atoms with Gasteiger partial charge in [0.25, 0.3) is 5.91 Å². The summed E-state index contributed by atoms with van der Waals surface area (Å²) in [7, 11) is 3.91. The summed E-state index contributed by atoms with van der Waals surface area (Å²) in [5.41, 5.74) is 8.60. The first-order chi connectivity index (χ1) is 15.9. The molecule has 0 aliphatic carbocycles. The van der Waals surface area contributed by atoms with Crippen molar-refractivity contribution in [1.82, 2.24) is 15.0 Å². The molecule has 0 bridgehead atoms. The summed E-state index contributed by atoms with van der Waals surface area (Å²) in [6.07, 6.45) is 3.45. The molecule has 7 heteroatoms. The molecule has 33 heavy (non-hydrogen) atoms. The maximum atomic E-state index is 12.2. The van der Waals surface area contributed by atoms with E-state index < -0.39 is 0 Å². The van der Waals surface area contributed by atoms with Gasteiger partial charge in [0, 0.05) is 60.1 Å². The molecule has 0 atom stereocenters. The van der Waals surface area contributed by atoms with Crippen LogP contribution in [0.25, 0.3) is 16.6 Å². The van der Waals surface area contributed by atoms with Crippen LogP contribution in [0.3, 0.4) is 0 Å². The van der Waals surface area contributed by atoms with Crippen molar-refractivity contribution < 1.29 is 9.53 Å². The van der Waals surface area contributed by atoms with Crippen LogP contribution in [0.2, 0.25) is 0 Å². The number of benzene rings is 2. The number of hydrogen-bond donors (Lipinski definition) is 1. The second kappa shape index (κ2) is 9.56. The molecule has 0 aliphatic rings. The molecule has 7 nitrogen and oxygen atoms in total. The van der Waals surface area contributed by atoms with Crippen molar-refractivity contribution in [1.29, 1.82) is 0 Å². The Kier molecular flexibility index (Phi) is 6.40. The lowest BCUT2D eigenvalue weighted by Crippen LogP contribution is -2.24. The molecule has 168 valence electrons. The monoisotopic (exact) mass is 441 g/mol. The molecule has 4 aromatic rings. The summed E-state index contributed by atoms with van der Waals surface area (Å²) in [5, 5.41) is 5.21. The molecular weight excluding hydrogens is 414 g/mol. The highest BCUT2D eigenvalue weighted by Gasteiger charge is 2.10. The molecule has 0 saturated heterocycles. The third kappa shape index (κ3) is 5.03. The van der Waals surface area contributed by atoms with Crippen LogP contribution in [-0.4, -0.2) is 42.4 Å². The van der Waals surface area contributed by atoms with Gasteiger partial charge in [-0.3, -0.25) is 9.78 Å². The summed E-state index contributed by atoms with van der Waals surface area (Å²) in [6.45, 7) is 3.97. The van der Waals surface area contributed by atoms with Gasteiger partial charge in [-0.05, 0) is 56.3 Å². The number of aromatic nitrogens is 2. The van der Waals surface area contributed by atoms with E-state index in [2.05, 4.69) is 38.3 Å². The van der Waals surface area contributed by atoms with E-state index in [-0.39, 0.29) is 12.5 Å². The third-order valence-electron chi connectivity index (χ3n) is 5.41. The van der Waals surface area contributed by atoms with E-state index in [1.165, 1.54) is 0 Å². The van der Waals surface area contributed by atoms with Crippen molar-refractivity contribution >= 4 is 28.7 Å². The average molecular weight is 442 g/mol. The van der Waals surface area contributed by atoms with Crippen molar-refractivity contribution in [2.45, 2.75) is 13.8 Å². The van der Waals surface area contributed by atoms with E-state index in [1.54, 1.807) is 12.4 Å². The molecule has 1 N–H and O–H groups in total. The molecule has 2 aromatic carbocycles. The van der Waals surface area contributed by atoms with Crippen molar-refractivity contribution in [2.75, 3.05) is 25.6 Å². The topological polar surface area (TPSA) is 71.8 Å². The Hall–Kier alpha value is -4.13. The molecule has 4 rings (SSSR count). The highest BCUT2D eigenvalue weighted by Crippen LogP contribution is 2.23. The molecule has 1 amide bonds. The second-order valence-corrected chi connectivity index (χ2v) is 8.02. The van der Waals surface area contributed by atoms with E-state index >= 15 is 0 Å². The Labute approximate surface area is 193 Å². The van der Waals surface area contributed by atoms with Gasteiger partial charge in [-0.1, -0.05) is 12.1 Å². The van der Waals surface area contributed by atoms with E-state index in [1.807, 2.05) is 75.3 Å². The zero-order valence-electron chi connectivity index (χ0n) is 19.2. The number of carbonyl (C=O) groups excluding carboxylic acids is 1. The van der Waals surface area contributed by atoms with Crippen molar-refractivity contribution in [3.05, 3.63) is 83.8 Å². The number of carbonyl (C=O) groups is 1. The Balaban J connectivity index is 1.41. The fourth-order valence-corrected chi connectivity index (χ4v) is 3.72. The van der Waals surface area contributed by atoms with Crippen LogP contribution in [0, 0.1) is 13.8 Å². The molecule has 2 aromatic heterocycles. The first kappa shape index (κ1) is 22.1. The number of aryl methyl sites for hydroxylation is 1. The van der Waals surface area contributed by atoms with Gasteiger partial charge in [0.1, 0.15) is 5.75 Å². The van der Waals surface area contributed by atoms with E-state index in [9.17, 15) is 4.79 Å². The molecule has 0 spiro atoms. The van der Waals surface area contributed by atoms with E-state index in [0.717, 1.165) is 39.2 Å². The van der Waals surface area contributed by atoms with Crippen LogP contribution < -0.4 is 15.1 Å². The first-order valence-corrected chi connectivity index (χ1v) is 10.7. The molecule has 0 fully saturated rings. The number of amides is 1. The smallest absolute Gasteiger partial charge is 0.277 e. The van der Waals surface area contributed by atoms with Crippen LogP contribution in [0.5, 0.6) is 5.75 Å². The number of fused-ring (bicyclic) bond motifs is 1. The number of ether oxygens (including phenoxy) is 1. The van der Waals surface area contributed by atoms with Crippen molar-refractivity contribution in [2.24, 2.45) is 5.10 Å². The van der Waals surface area contributed by atoms with E-state index in [4.69, 9.17) is 4.74 Å².